The Morgan fingerprint density at radius 3 is 2.22 bits per heavy atom. The van der Waals surface area contributed by atoms with Crippen molar-refractivity contribution in [3.63, 3.8) is 0 Å². The number of nitrogens with one attached hydrogen (secondary N) is 6. The van der Waals surface area contributed by atoms with Crippen LogP contribution in [0.4, 0.5) is 0 Å². The number of aliphatic hydroxyl groups excluding tert-OH is 4. The molecule has 6 aliphatic rings. The molecule has 2 unspecified atom stereocenters. The number of rotatable bonds is 25. The third-order valence-corrected chi connectivity index (χ3v) is 16.1. The molecule has 0 saturated carbocycles. The highest BCUT2D eigenvalue weighted by Crippen LogP contribution is 2.54. The van der Waals surface area contributed by atoms with Crippen LogP contribution in [-0.2, 0) is 78.9 Å². The number of ether oxygens (including phenoxy) is 8. The lowest BCUT2D eigenvalue weighted by Gasteiger charge is -2.46. The van der Waals surface area contributed by atoms with E-state index in [-0.39, 0.29) is 36.4 Å². The van der Waals surface area contributed by atoms with Crippen molar-refractivity contribution in [3.8, 4) is 17.2 Å². The summed E-state index contributed by atoms with van der Waals surface area (Å²) in [7, 11) is 2.70. The fraction of sp³-hybridized carbons (Fsp3) is 0.625. The fourth-order valence-corrected chi connectivity index (χ4v) is 11.7. The largest absolute Gasteiger partial charge is 0.507 e. The number of ketones is 2. The molecule has 16 atom stereocenters. The number of phenolic OH excluding ortho intramolecular Hbond substituents is 2. The van der Waals surface area contributed by atoms with Gasteiger partial charge in [0.15, 0.2) is 36.5 Å². The number of aliphatic carboxylic acids is 1. The lowest BCUT2D eigenvalue weighted by atomic mass is 9.71. The number of aliphatic hydroxyl groups is 6. The average molecular weight is 1260 g/mol. The number of hydrogen-bond donors (Lipinski definition) is 15. The minimum absolute atomic E-state index is 0.0345. The van der Waals surface area contributed by atoms with Crippen LogP contribution >= 0.6 is 0 Å². The van der Waals surface area contributed by atoms with Crippen molar-refractivity contribution in [3.05, 3.63) is 51.6 Å². The van der Waals surface area contributed by atoms with Gasteiger partial charge in [-0.15, -0.1) is 0 Å². The van der Waals surface area contributed by atoms with Crippen LogP contribution in [0.1, 0.15) is 97.2 Å². The Bertz CT molecular complexity index is 3080. The Morgan fingerprint density at radius 1 is 0.820 bits per heavy atom. The van der Waals surface area contributed by atoms with Crippen molar-refractivity contribution in [2.45, 2.75) is 151 Å². The van der Waals surface area contributed by atoms with Crippen LogP contribution in [-0.4, -0.2) is 256 Å². The molecule has 2 aromatic carbocycles. The van der Waals surface area contributed by atoms with Crippen molar-refractivity contribution in [1.29, 1.82) is 0 Å². The predicted molar refractivity (Wildman–Crippen MR) is 295 cm³/mol. The first-order valence-electron chi connectivity index (χ1n) is 29.1. The Morgan fingerprint density at radius 2 is 1.54 bits per heavy atom. The van der Waals surface area contributed by atoms with E-state index in [9.17, 15) is 84.0 Å². The third kappa shape index (κ3) is 14.4. The molecule has 89 heavy (non-hydrogen) atoms. The number of nitrogens with zero attached hydrogens (tertiary/aromatic N) is 1. The summed E-state index contributed by atoms with van der Waals surface area (Å²) in [5, 5.41) is 114. The number of aromatic hydroxyl groups is 2. The van der Waals surface area contributed by atoms with E-state index in [1.54, 1.807) is 6.92 Å². The van der Waals surface area contributed by atoms with Gasteiger partial charge in [-0.2, -0.15) is 0 Å². The number of carbonyl (C=O) groups is 9. The SMILES string of the molecule is [3H]C(CC(=O)O)C(=O)NCC(=O)NCCC(=O)N[C@H](C(=O)NC(CO[C@@H]1O[C@H](CO)[C@@H](O)[C@H](O)[C@H]1O)C(=O)NCCNC(=O)[C@]1(O)Cc2c(O)c3c(c(O)c2[C@@](O)(O[C@@H]2C[C@H]4[C@H](O[C@@H]5[C@@H](OC)OCCN54)[C@H](C)O2)C1)C(=O)c1c(OC)cccc1C3=O)C(C)C. The van der Waals surface area contributed by atoms with Gasteiger partial charge in [-0.05, 0) is 18.9 Å². The zero-order valence-electron chi connectivity index (χ0n) is 50.0. The molecule has 33 nitrogen and oxygen atoms in total. The molecule has 15 N–H and O–H groups in total. The van der Waals surface area contributed by atoms with E-state index in [4.69, 9.17) is 44.4 Å². The van der Waals surface area contributed by atoms with Crippen LogP contribution in [0, 0.1) is 5.92 Å². The molecule has 8 rings (SSSR count). The van der Waals surface area contributed by atoms with Crippen LogP contribution in [0.3, 0.4) is 0 Å². The Kier molecular flexibility index (Phi) is 21.2. The van der Waals surface area contributed by atoms with Crippen LogP contribution in [0.5, 0.6) is 17.2 Å². The van der Waals surface area contributed by atoms with E-state index in [2.05, 4.69) is 31.9 Å². The molecule has 2 aromatic rings. The molecule has 4 saturated heterocycles. The van der Waals surface area contributed by atoms with Gasteiger partial charge in [0, 0.05) is 83.9 Å². The Hall–Kier alpha value is -7.09. The highest BCUT2D eigenvalue weighted by atomic mass is 16.8. The summed E-state index contributed by atoms with van der Waals surface area (Å²) >= 11 is 0. The Labute approximate surface area is 508 Å². The number of amides is 6. The number of morpholine rings is 1. The van der Waals surface area contributed by atoms with Crippen molar-refractivity contribution >= 4 is 53.0 Å². The second-order valence-electron chi connectivity index (χ2n) is 22.5. The van der Waals surface area contributed by atoms with Gasteiger partial charge >= 0.3 is 5.97 Å². The molecule has 6 amide bonds. The van der Waals surface area contributed by atoms with E-state index in [1.807, 2.05) is 4.90 Å². The van der Waals surface area contributed by atoms with Gasteiger partial charge in [0.1, 0.15) is 59.9 Å². The third-order valence-electron chi connectivity index (χ3n) is 16.1. The highest BCUT2D eigenvalue weighted by molar-refractivity contribution is 6.31. The number of fused-ring (bicyclic) bond motifs is 6. The van der Waals surface area contributed by atoms with Crippen LogP contribution in [0.25, 0.3) is 0 Å². The molecule has 0 bridgehead atoms. The van der Waals surface area contributed by atoms with Crippen molar-refractivity contribution < 1.29 is 128 Å². The van der Waals surface area contributed by atoms with E-state index in [0.717, 1.165) is 0 Å². The Balaban J connectivity index is 0.985. The first kappa shape index (κ1) is 66.3. The molecule has 0 spiro atoms. The quantitative estimate of drug-likeness (QED) is 0.0214. The first-order valence-corrected chi connectivity index (χ1v) is 28.6. The van der Waals surface area contributed by atoms with E-state index >= 15 is 0 Å². The zero-order chi connectivity index (χ0) is 65.8. The lowest BCUT2D eigenvalue weighted by Crippen LogP contribution is -2.61. The van der Waals surface area contributed by atoms with Gasteiger partial charge < -0.3 is 116 Å². The summed E-state index contributed by atoms with van der Waals surface area (Å²) in [6.07, 6.45) is -18.1. The summed E-state index contributed by atoms with van der Waals surface area (Å²) in [5.74, 6) is -15.0. The summed E-state index contributed by atoms with van der Waals surface area (Å²) in [6, 6.07) is 0.479. The van der Waals surface area contributed by atoms with Crippen LogP contribution in [0.2, 0.25) is 0 Å². The normalized spacial score (nSPS) is 29.9. The summed E-state index contributed by atoms with van der Waals surface area (Å²) in [5.41, 5.74) is -5.98. The number of phenols is 2. The number of methoxy groups -OCH3 is 2. The van der Waals surface area contributed by atoms with Gasteiger partial charge in [-0.1, -0.05) is 26.0 Å². The van der Waals surface area contributed by atoms with Gasteiger partial charge in [-0.3, -0.25) is 48.1 Å². The second-order valence-corrected chi connectivity index (χ2v) is 22.5. The number of carboxylic acid groups (broad SMARTS) is 1. The van der Waals surface area contributed by atoms with Gasteiger partial charge in [0.25, 0.3) is 5.91 Å². The zero-order valence-corrected chi connectivity index (χ0v) is 49.0. The molecule has 490 valence electrons. The molecule has 4 fully saturated rings. The minimum Gasteiger partial charge on any atom is -0.507 e. The molecule has 0 aromatic heterocycles. The number of carboxylic acids is 1. The van der Waals surface area contributed by atoms with E-state index < -0.39 is 249 Å². The maximum absolute atomic E-state index is 14.5. The number of carbonyl (C=O) groups excluding carboxylic acids is 8. The monoisotopic (exact) mass is 1260 g/mol. The maximum Gasteiger partial charge on any atom is 0.303 e. The average Bonchev–Trinajstić information content (AvgIpc) is 0.797. The number of benzene rings is 2. The van der Waals surface area contributed by atoms with E-state index in [0.29, 0.717) is 6.54 Å². The van der Waals surface area contributed by atoms with Gasteiger partial charge in [-0.25, -0.2) is 0 Å². The van der Waals surface area contributed by atoms with Gasteiger partial charge in [0.05, 0.1) is 68.3 Å². The highest BCUT2D eigenvalue weighted by Gasteiger charge is 2.59. The molecular formula is C56H75N7O26. The molecule has 4 heterocycles. The topological polar surface area (TPSA) is 485 Å². The van der Waals surface area contributed by atoms with Crippen molar-refractivity contribution in [2.24, 2.45) is 5.92 Å². The second kappa shape index (κ2) is 28.4. The van der Waals surface area contributed by atoms with Crippen LogP contribution < -0.4 is 36.6 Å². The van der Waals surface area contributed by atoms with E-state index in [1.165, 1.54) is 46.3 Å². The minimum atomic E-state index is -3.03. The maximum atomic E-state index is 14.5. The summed E-state index contributed by atoms with van der Waals surface area (Å²) in [4.78, 5) is 121. The standard InChI is InChI=1S/C56H75N7O26/c1-23(2)40(62-32(66)11-12-57-33(67)19-60-31(65)9-10-34(68)69)50(78)61-27(21-85-52-47(76)46(75)43(72)30(20-64)87-52)49(77)58-13-14-59-54(79)55(80)18-26-39(45(74)38-37(42(26)71)41(70)25-7-6-8-29(82-4)36(25)44(38)73)56(81,22-55)89-35-17-28-48(24(3)86-35)88-51-53(83-5)84-16-15-63(28)51/h6-8,23-24,27-28,30,35,40,43,46-48,51-53,64,71-72,74-76,80-81H,9-22H2,1-5H3,(H,57,67)(H,58,77)(H,59,79)(H,60,65)(H,61,78)(H,62,66)(H,68,69)/t24-,27?,28-,30+,35+,40-,43+,46-,47+,48+,51+,52+,53-,55-,56-/m0/s1/i9T/t9?,24-,27?,28-,30+,35+,40-,43+,46-,47+,48+,51+,52+,53-,55-,56-. The molecular weight excluding hydrogens is 1190 g/mol. The summed E-state index contributed by atoms with van der Waals surface area (Å²) in [6.45, 7) is 1.65. The number of hydrogen-bond acceptors (Lipinski definition) is 26. The lowest BCUT2D eigenvalue weighted by molar-refractivity contribution is -0.339. The predicted octanol–water partition coefficient (Wildman–Crippen LogP) is -5.58. The molecule has 33 heteroatoms. The van der Waals surface area contributed by atoms with Gasteiger partial charge in [0.2, 0.25) is 41.1 Å². The van der Waals surface area contributed by atoms with Crippen LogP contribution in [0.15, 0.2) is 18.2 Å². The fourth-order valence-electron chi connectivity index (χ4n) is 11.7. The molecule has 4 aliphatic heterocycles. The molecule has 0 radical (unpaired) electrons. The smallest absolute Gasteiger partial charge is 0.303 e. The summed E-state index contributed by atoms with van der Waals surface area (Å²) < 4.78 is 54.1. The molecule has 2 aliphatic carbocycles. The van der Waals surface area contributed by atoms with Crippen molar-refractivity contribution in [2.75, 3.05) is 66.8 Å². The first-order chi connectivity index (χ1) is 42.6. The van der Waals surface area contributed by atoms with Crippen molar-refractivity contribution in [1.82, 2.24) is 36.8 Å².